The maximum atomic E-state index is 11.9. The predicted octanol–water partition coefficient (Wildman–Crippen LogP) is 3.95. The predicted molar refractivity (Wildman–Crippen MR) is 73.4 cm³/mol. The molecule has 1 N–H and O–H groups in total. The molecule has 0 saturated carbocycles. The van der Waals surface area contributed by atoms with Crippen LogP contribution >= 0.6 is 23.2 Å². The Morgan fingerprint density at radius 1 is 1.22 bits per heavy atom. The van der Waals surface area contributed by atoms with E-state index >= 15 is 0 Å². The number of hydrogen-bond donors (Lipinski definition) is 1. The molecular formula is C13H10Cl2N2O. The Morgan fingerprint density at radius 3 is 2.67 bits per heavy atom. The molecule has 5 heteroatoms. The van der Waals surface area contributed by atoms with E-state index in [1.54, 1.807) is 18.2 Å². The van der Waals surface area contributed by atoms with Gasteiger partial charge in [0.1, 0.15) is 5.69 Å². The van der Waals surface area contributed by atoms with Crippen LogP contribution in [0.25, 0.3) is 0 Å². The van der Waals surface area contributed by atoms with Crippen molar-refractivity contribution in [2.45, 2.75) is 6.92 Å². The first kappa shape index (κ1) is 12.9. The number of rotatable bonds is 2. The van der Waals surface area contributed by atoms with Gasteiger partial charge in [-0.15, -0.1) is 0 Å². The summed E-state index contributed by atoms with van der Waals surface area (Å²) in [4.78, 5) is 15.9. The van der Waals surface area contributed by atoms with E-state index in [-0.39, 0.29) is 11.6 Å². The molecule has 2 aromatic rings. The normalized spacial score (nSPS) is 10.2. The highest BCUT2D eigenvalue weighted by Gasteiger charge is 2.10. The fourth-order valence-corrected chi connectivity index (χ4v) is 1.88. The van der Waals surface area contributed by atoms with Crippen LogP contribution in [-0.4, -0.2) is 10.9 Å². The number of carbonyl (C=O) groups is 1. The molecular weight excluding hydrogens is 271 g/mol. The first-order chi connectivity index (χ1) is 8.56. The fraction of sp³-hybridized carbons (Fsp3) is 0.0769. The maximum Gasteiger partial charge on any atom is 0.274 e. The van der Waals surface area contributed by atoms with E-state index in [2.05, 4.69) is 10.3 Å². The van der Waals surface area contributed by atoms with Gasteiger partial charge in [-0.3, -0.25) is 9.78 Å². The second kappa shape index (κ2) is 5.38. The van der Waals surface area contributed by atoms with E-state index in [1.807, 2.05) is 13.0 Å². The first-order valence-electron chi connectivity index (χ1n) is 5.25. The van der Waals surface area contributed by atoms with Gasteiger partial charge in [-0.2, -0.15) is 0 Å². The van der Waals surface area contributed by atoms with Crippen molar-refractivity contribution >= 4 is 34.8 Å². The lowest BCUT2D eigenvalue weighted by molar-refractivity contribution is 0.102. The molecule has 0 bridgehead atoms. The second-order valence-corrected chi connectivity index (χ2v) is 4.64. The molecule has 1 aromatic carbocycles. The number of benzene rings is 1. The molecule has 0 saturated heterocycles. The number of halogens is 2. The van der Waals surface area contributed by atoms with Crippen molar-refractivity contribution in [3.05, 3.63) is 57.8 Å². The summed E-state index contributed by atoms with van der Waals surface area (Å²) in [6, 6.07) is 8.51. The number of aromatic nitrogens is 1. The number of anilines is 1. The Hall–Kier alpha value is -1.58. The van der Waals surface area contributed by atoms with E-state index in [0.717, 1.165) is 5.56 Å². The number of hydrogen-bond acceptors (Lipinski definition) is 2. The Kier molecular flexibility index (Phi) is 3.84. The van der Waals surface area contributed by atoms with Crippen molar-refractivity contribution in [2.75, 3.05) is 5.32 Å². The molecule has 0 radical (unpaired) electrons. The molecule has 0 aliphatic heterocycles. The van der Waals surface area contributed by atoms with Crippen LogP contribution in [0.5, 0.6) is 0 Å². The number of pyridine rings is 1. The van der Waals surface area contributed by atoms with Crippen LogP contribution in [0.3, 0.4) is 0 Å². The quantitative estimate of drug-likeness (QED) is 0.905. The largest absolute Gasteiger partial charge is 0.319 e. The van der Waals surface area contributed by atoms with Crippen LogP contribution in [0.4, 0.5) is 5.69 Å². The Bertz CT molecular complexity index is 599. The monoisotopic (exact) mass is 280 g/mol. The van der Waals surface area contributed by atoms with Crippen molar-refractivity contribution < 1.29 is 4.79 Å². The highest BCUT2D eigenvalue weighted by Crippen LogP contribution is 2.23. The maximum absolute atomic E-state index is 11.9. The third kappa shape index (κ3) is 3.00. The van der Waals surface area contributed by atoms with Gasteiger partial charge in [0, 0.05) is 11.2 Å². The van der Waals surface area contributed by atoms with E-state index < -0.39 is 0 Å². The van der Waals surface area contributed by atoms with Crippen molar-refractivity contribution in [3.63, 3.8) is 0 Å². The Balaban J connectivity index is 2.21. The van der Waals surface area contributed by atoms with Crippen LogP contribution in [0, 0.1) is 6.92 Å². The zero-order chi connectivity index (χ0) is 13.1. The van der Waals surface area contributed by atoms with Gasteiger partial charge in [0.05, 0.1) is 10.7 Å². The molecule has 3 nitrogen and oxygen atoms in total. The summed E-state index contributed by atoms with van der Waals surface area (Å²) in [7, 11) is 0. The highest BCUT2D eigenvalue weighted by molar-refractivity contribution is 6.34. The van der Waals surface area contributed by atoms with Gasteiger partial charge < -0.3 is 5.32 Å². The third-order valence-electron chi connectivity index (χ3n) is 2.33. The van der Waals surface area contributed by atoms with Crippen molar-refractivity contribution in [1.29, 1.82) is 0 Å². The number of carbonyl (C=O) groups excluding carboxylic acids is 1. The molecule has 0 aliphatic carbocycles. The number of aryl methyl sites for hydroxylation is 1. The van der Waals surface area contributed by atoms with Gasteiger partial charge >= 0.3 is 0 Å². The molecule has 92 valence electrons. The second-order valence-electron chi connectivity index (χ2n) is 3.80. The zero-order valence-corrected chi connectivity index (χ0v) is 11.1. The van der Waals surface area contributed by atoms with Gasteiger partial charge in [-0.05, 0) is 36.8 Å². The average Bonchev–Trinajstić information content (AvgIpc) is 2.32. The number of amides is 1. The minimum absolute atomic E-state index is 0.249. The lowest BCUT2D eigenvalue weighted by Gasteiger charge is -2.07. The minimum Gasteiger partial charge on any atom is -0.319 e. The zero-order valence-electron chi connectivity index (χ0n) is 9.58. The first-order valence-corrected chi connectivity index (χ1v) is 6.01. The highest BCUT2D eigenvalue weighted by atomic mass is 35.5. The van der Waals surface area contributed by atoms with Gasteiger partial charge in [0.25, 0.3) is 5.91 Å². The Morgan fingerprint density at radius 2 is 2.00 bits per heavy atom. The van der Waals surface area contributed by atoms with E-state index in [4.69, 9.17) is 23.2 Å². The van der Waals surface area contributed by atoms with Gasteiger partial charge in [-0.25, -0.2) is 0 Å². The van der Waals surface area contributed by atoms with E-state index in [0.29, 0.717) is 15.7 Å². The molecule has 2 rings (SSSR count). The summed E-state index contributed by atoms with van der Waals surface area (Å²) < 4.78 is 0. The lowest BCUT2D eigenvalue weighted by Crippen LogP contribution is -2.13. The molecule has 1 heterocycles. The number of nitrogens with one attached hydrogen (secondary N) is 1. The summed E-state index contributed by atoms with van der Waals surface area (Å²) in [6.07, 6.45) is 1.48. The van der Waals surface area contributed by atoms with Crippen LogP contribution < -0.4 is 5.32 Å². The van der Waals surface area contributed by atoms with Crippen molar-refractivity contribution in [3.8, 4) is 0 Å². The van der Waals surface area contributed by atoms with Crippen LogP contribution in [0.15, 0.2) is 36.5 Å². The van der Waals surface area contributed by atoms with Crippen LogP contribution in [0.1, 0.15) is 16.1 Å². The molecule has 0 atom stereocenters. The molecule has 0 fully saturated rings. The van der Waals surface area contributed by atoms with Gasteiger partial charge in [-0.1, -0.05) is 29.3 Å². The summed E-state index contributed by atoms with van der Waals surface area (Å²) >= 11 is 11.8. The van der Waals surface area contributed by atoms with Gasteiger partial charge in [0.15, 0.2) is 0 Å². The van der Waals surface area contributed by atoms with Crippen molar-refractivity contribution in [2.24, 2.45) is 0 Å². The van der Waals surface area contributed by atoms with E-state index in [9.17, 15) is 4.79 Å². The SMILES string of the molecule is Cc1ccc(NC(=O)c2cc(Cl)ccn2)c(Cl)c1. The van der Waals surface area contributed by atoms with Crippen LogP contribution in [0.2, 0.25) is 10.0 Å². The molecule has 1 amide bonds. The lowest BCUT2D eigenvalue weighted by atomic mass is 10.2. The Labute approximate surface area is 115 Å². The topological polar surface area (TPSA) is 42.0 Å². The fourth-order valence-electron chi connectivity index (χ4n) is 1.44. The summed E-state index contributed by atoms with van der Waals surface area (Å²) in [5.74, 6) is -0.344. The summed E-state index contributed by atoms with van der Waals surface area (Å²) in [5.41, 5.74) is 1.83. The molecule has 0 spiro atoms. The van der Waals surface area contributed by atoms with Gasteiger partial charge in [0.2, 0.25) is 0 Å². The molecule has 0 aliphatic rings. The molecule has 1 aromatic heterocycles. The smallest absolute Gasteiger partial charge is 0.274 e. The van der Waals surface area contributed by atoms with Crippen LogP contribution in [-0.2, 0) is 0 Å². The standard InChI is InChI=1S/C13H10Cl2N2O/c1-8-2-3-11(10(15)6-8)17-13(18)12-7-9(14)4-5-16-12/h2-7H,1H3,(H,17,18). The van der Waals surface area contributed by atoms with Crippen molar-refractivity contribution in [1.82, 2.24) is 4.98 Å². The summed E-state index contributed by atoms with van der Waals surface area (Å²) in [6.45, 7) is 1.93. The molecule has 18 heavy (non-hydrogen) atoms. The third-order valence-corrected chi connectivity index (χ3v) is 2.88. The molecule has 0 unspecified atom stereocenters. The van der Waals surface area contributed by atoms with E-state index in [1.165, 1.54) is 12.3 Å². The average molecular weight is 281 g/mol. The summed E-state index contributed by atoms with van der Waals surface area (Å²) in [5, 5.41) is 3.64. The minimum atomic E-state index is -0.344. The number of nitrogens with zero attached hydrogens (tertiary/aromatic N) is 1.